The zero-order valence-corrected chi connectivity index (χ0v) is 15.1. The van der Waals surface area contributed by atoms with E-state index in [0.717, 1.165) is 24.8 Å². The highest BCUT2D eigenvalue weighted by Gasteiger charge is 2.23. The molecule has 0 aliphatic carbocycles. The van der Waals surface area contributed by atoms with E-state index < -0.39 is 0 Å². The van der Waals surface area contributed by atoms with Crippen LogP contribution in [-0.2, 0) is 0 Å². The van der Waals surface area contributed by atoms with Crippen molar-refractivity contribution in [2.45, 2.75) is 45.6 Å². The summed E-state index contributed by atoms with van der Waals surface area (Å²) in [5.41, 5.74) is 2.46. The summed E-state index contributed by atoms with van der Waals surface area (Å²) in [5.74, 6) is 0. The first kappa shape index (κ1) is 17.0. The Morgan fingerprint density at radius 2 is 1.62 bits per heavy atom. The number of benzene rings is 1. The second kappa shape index (κ2) is 8.34. The summed E-state index contributed by atoms with van der Waals surface area (Å²) in [7, 11) is 0. The second-order valence-electron chi connectivity index (χ2n) is 6.72. The van der Waals surface area contributed by atoms with E-state index in [0.29, 0.717) is 0 Å². The first-order valence-electron chi connectivity index (χ1n) is 9.41. The van der Waals surface area contributed by atoms with Crippen LogP contribution in [0.2, 0.25) is 0 Å². The van der Waals surface area contributed by atoms with Crippen molar-refractivity contribution < 1.29 is 0 Å². The highest BCUT2D eigenvalue weighted by Crippen LogP contribution is 2.24. The minimum Gasteiger partial charge on any atom is -0.371 e. The van der Waals surface area contributed by atoms with Gasteiger partial charge in [0.25, 0.3) is 0 Å². The van der Waals surface area contributed by atoms with E-state index in [1.165, 1.54) is 44.5 Å². The maximum atomic E-state index is 4.29. The van der Waals surface area contributed by atoms with Gasteiger partial charge in [0.1, 0.15) is 0 Å². The van der Waals surface area contributed by atoms with Crippen LogP contribution in [0, 0.1) is 0 Å². The Kier molecular flexibility index (Phi) is 5.91. The lowest BCUT2D eigenvalue weighted by molar-refractivity contribution is 0.169. The first-order valence-corrected chi connectivity index (χ1v) is 9.41. The lowest BCUT2D eigenvalue weighted by Crippen LogP contribution is -2.45. The van der Waals surface area contributed by atoms with E-state index in [1.54, 1.807) is 0 Å². The lowest BCUT2D eigenvalue weighted by atomic mass is 10.0. The van der Waals surface area contributed by atoms with Crippen molar-refractivity contribution in [3.63, 3.8) is 0 Å². The average molecular weight is 326 g/mol. The summed E-state index contributed by atoms with van der Waals surface area (Å²) in [5, 5.41) is 4.29. The van der Waals surface area contributed by atoms with Crippen LogP contribution < -0.4 is 4.90 Å². The molecule has 130 valence electrons. The van der Waals surface area contributed by atoms with Gasteiger partial charge in [0.15, 0.2) is 0 Å². The summed E-state index contributed by atoms with van der Waals surface area (Å²) >= 11 is 0. The molecule has 0 bridgehead atoms. The van der Waals surface area contributed by atoms with Crippen molar-refractivity contribution >= 4 is 5.69 Å². The standard InChI is InChI=1S/C20H30N4/c1-3-13-22(14-4-2)19-10-16-23(17-11-19)18-6-8-20(9-7-18)24-15-5-12-21-24/h5-9,12,15,19H,3-4,10-11,13-14,16-17H2,1-2H3. The molecule has 0 spiro atoms. The van der Waals surface area contributed by atoms with Crippen molar-refractivity contribution in [1.82, 2.24) is 14.7 Å². The lowest BCUT2D eigenvalue weighted by Gasteiger charge is -2.39. The molecule has 0 amide bonds. The van der Waals surface area contributed by atoms with Crippen LogP contribution in [0.3, 0.4) is 0 Å². The van der Waals surface area contributed by atoms with Gasteiger partial charge in [-0.25, -0.2) is 4.68 Å². The van der Waals surface area contributed by atoms with Gasteiger partial charge < -0.3 is 9.80 Å². The van der Waals surface area contributed by atoms with E-state index in [4.69, 9.17) is 0 Å². The van der Waals surface area contributed by atoms with E-state index in [1.807, 2.05) is 23.1 Å². The van der Waals surface area contributed by atoms with E-state index in [2.05, 4.69) is 53.0 Å². The first-order chi connectivity index (χ1) is 11.8. The van der Waals surface area contributed by atoms with Crippen LogP contribution in [0.4, 0.5) is 5.69 Å². The Labute approximate surface area is 146 Å². The molecule has 1 aliphatic heterocycles. The van der Waals surface area contributed by atoms with Crippen molar-refractivity contribution in [2.24, 2.45) is 0 Å². The molecule has 0 atom stereocenters. The van der Waals surface area contributed by atoms with Gasteiger partial charge in [0.05, 0.1) is 5.69 Å². The molecule has 2 aromatic rings. The monoisotopic (exact) mass is 326 g/mol. The van der Waals surface area contributed by atoms with Crippen LogP contribution in [0.1, 0.15) is 39.5 Å². The molecule has 24 heavy (non-hydrogen) atoms. The number of piperidine rings is 1. The minimum absolute atomic E-state index is 0.768. The Morgan fingerprint density at radius 1 is 1.00 bits per heavy atom. The molecular weight excluding hydrogens is 296 g/mol. The molecule has 0 unspecified atom stereocenters. The number of hydrogen-bond acceptors (Lipinski definition) is 3. The third kappa shape index (κ3) is 3.99. The summed E-state index contributed by atoms with van der Waals surface area (Å²) in [4.78, 5) is 5.23. The Hall–Kier alpha value is -1.81. The van der Waals surface area contributed by atoms with Crippen LogP contribution in [-0.4, -0.2) is 46.9 Å². The van der Waals surface area contributed by atoms with E-state index >= 15 is 0 Å². The number of aromatic nitrogens is 2. The van der Waals surface area contributed by atoms with Crippen molar-refractivity contribution in [3.8, 4) is 5.69 Å². The van der Waals surface area contributed by atoms with Crippen molar-refractivity contribution in [2.75, 3.05) is 31.1 Å². The molecule has 0 radical (unpaired) electrons. The van der Waals surface area contributed by atoms with Crippen LogP contribution >= 0.6 is 0 Å². The third-order valence-corrected chi connectivity index (χ3v) is 4.99. The molecule has 1 aliphatic rings. The number of rotatable bonds is 7. The smallest absolute Gasteiger partial charge is 0.0647 e. The molecule has 0 N–H and O–H groups in total. The van der Waals surface area contributed by atoms with Gasteiger partial charge in [-0.15, -0.1) is 0 Å². The van der Waals surface area contributed by atoms with Crippen molar-refractivity contribution in [3.05, 3.63) is 42.7 Å². The second-order valence-corrected chi connectivity index (χ2v) is 6.72. The van der Waals surface area contributed by atoms with Crippen molar-refractivity contribution in [1.29, 1.82) is 0 Å². The van der Waals surface area contributed by atoms with Crippen LogP contribution in [0.5, 0.6) is 0 Å². The Balaban J connectivity index is 1.58. The molecule has 1 aromatic carbocycles. The summed E-state index contributed by atoms with van der Waals surface area (Å²) in [6.07, 6.45) is 8.87. The maximum Gasteiger partial charge on any atom is 0.0647 e. The van der Waals surface area contributed by atoms with Gasteiger partial charge in [-0.1, -0.05) is 13.8 Å². The maximum absolute atomic E-state index is 4.29. The molecule has 0 saturated carbocycles. The minimum atomic E-state index is 0.768. The van der Waals surface area contributed by atoms with Crippen LogP contribution in [0.15, 0.2) is 42.7 Å². The Morgan fingerprint density at radius 3 is 2.17 bits per heavy atom. The van der Waals surface area contributed by atoms with Crippen LogP contribution in [0.25, 0.3) is 5.69 Å². The largest absolute Gasteiger partial charge is 0.371 e. The van der Waals surface area contributed by atoms with Gasteiger partial charge in [-0.3, -0.25) is 0 Å². The third-order valence-electron chi connectivity index (χ3n) is 4.99. The summed E-state index contributed by atoms with van der Waals surface area (Å²) in [6.45, 7) is 9.40. The number of hydrogen-bond donors (Lipinski definition) is 0. The predicted octanol–water partition coefficient (Wildman–Crippen LogP) is 3.96. The fourth-order valence-corrected chi connectivity index (χ4v) is 3.78. The highest BCUT2D eigenvalue weighted by molar-refractivity contribution is 5.51. The quantitative estimate of drug-likeness (QED) is 0.769. The Bertz CT molecular complexity index is 577. The summed E-state index contributed by atoms with van der Waals surface area (Å²) in [6, 6.07) is 11.5. The van der Waals surface area contributed by atoms with Gasteiger partial charge >= 0.3 is 0 Å². The molecular formula is C20H30N4. The molecule has 1 saturated heterocycles. The topological polar surface area (TPSA) is 24.3 Å². The molecule has 1 fully saturated rings. The number of nitrogens with zero attached hydrogens (tertiary/aromatic N) is 4. The van der Waals surface area contributed by atoms with E-state index in [-0.39, 0.29) is 0 Å². The zero-order valence-electron chi connectivity index (χ0n) is 15.1. The van der Waals surface area contributed by atoms with Gasteiger partial charge in [-0.2, -0.15) is 5.10 Å². The van der Waals surface area contributed by atoms with Gasteiger partial charge in [0.2, 0.25) is 0 Å². The molecule has 1 aromatic heterocycles. The number of anilines is 1. The molecule has 4 nitrogen and oxygen atoms in total. The fraction of sp³-hybridized carbons (Fsp3) is 0.550. The average Bonchev–Trinajstić information content (AvgIpc) is 3.17. The highest BCUT2D eigenvalue weighted by atomic mass is 15.3. The van der Waals surface area contributed by atoms with E-state index in [9.17, 15) is 0 Å². The normalized spacial score (nSPS) is 16.0. The SMILES string of the molecule is CCCN(CCC)C1CCN(c2ccc(-n3cccn3)cc2)CC1. The molecule has 3 rings (SSSR count). The zero-order chi connectivity index (χ0) is 16.8. The predicted molar refractivity (Wildman–Crippen MR) is 101 cm³/mol. The molecule has 2 heterocycles. The molecule has 4 heteroatoms. The fourth-order valence-electron chi connectivity index (χ4n) is 3.78. The van der Waals surface area contributed by atoms with Gasteiger partial charge in [0, 0.05) is 37.2 Å². The van der Waals surface area contributed by atoms with Gasteiger partial charge in [-0.05, 0) is 69.1 Å². The summed E-state index contributed by atoms with van der Waals surface area (Å²) < 4.78 is 1.91.